The largest absolute Gasteiger partial charge is 0.392 e. The summed E-state index contributed by atoms with van der Waals surface area (Å²) in [5.41, 5.74) is -0.360. The van der Waals surface area contributed by atoms with Crippen molar-refractivity contribution in [2.45, 2.75) is 31.8 Å². The molecular formula is C13H16O2. The molecule has 1 saturated carbocycles. The minimum Gasteiger partial charge on any atom is -0.392 e. The third kappa shape index (κ3) is 1.18. The smallest absolute Gasteiger partial charge is 0.144 e. The van der Waals surface area contributed by atoms with Gasteiger partial charge in [-0.05, 0) is 25.2 Å². The van der Waals surface area contributed by atoms with Gasteiger partial charge in [-0.25, -0.2) is 0 Å². The standard InChI is InChI=1S/C13H16O2/c14-11-3-1-2-5-13-6-4-9(7-10(11)13)8-12(13)15/h1-2,4,6,9-11,14H,3,5,7-8H2/t9?,10?,11-,13?/m1/s1. The van der Waals surface area contributed by atoms with Crippen LogP contribution >= 0.6 is 0 Å². The number of fused-ring (bicyclic) bond motifs is 1. The second-order valence-electron chi connectivity index (χ2n) is 5.11. The molecule has 4 aliphatic rings. The first-order valence-electron chi connectivity index (χ1n) is 5.78. The van der Waals surface area contributed by atoms with Crippen molar-refractivity contribution < 1.29 is 9.90 Å². The van der Waals surface area contributed by atoms with Gasteiger partial charge in [0.25, 0.3) is 0 Å². The Kier molecular flexibility index (Phi) is 1.90. The van der Waals surface area contributed by atoms with Crippen molar-refractivity contribution in [2.75, 3.05) is 0 Å². The van der Waals surface area contributed by atoms with Gasteiger partial charge in [0.2, 0.25) is 0 Å². The van der Waals surface area contributed by atoms with Crippen LogP contribution < -0.4 is 0 Å². The zero-order valence-electron chi connectivity index (χ0n) is 8.73. The van der Waals surface area contributed by atoms with Gasteiger partial charge < -0.3 is 5.11 Å². The number of carbonyl (C=O) groups excluding carboxylic acids is 1. The molecule has 1 spiro atoms. The minimum atomic E-state index is -0.360. The molecule has 80 valence electrons. The van der Waals surface area contributed by atoms with E-state index in [0.717, 1.165) is 12.8 Å². The van der Waals surface area contributed by atoms with Gasteiger partial charge in [0.15, 0.2) is 0 Å². The maximum Gasteiger partial charge on any atom is 0.144 e. The molecule has 0 aromatic heterocycles. The summed E-state index contributed by atoms with van der Waals surface area (Å²) >= 11 is 0. The van der Waals surface area contributed by atoms with E-state index in [9.17, 15) is 9.90 Å². The van der Waals surface area contributed by atoms with E-state index in [1.807, 2.05) is 6.08 Å². The summed E-state index contributed by atoms with van der Waals surface area (Å²) in [7, 11) is 0. The number of rotatable bonds is 0. The lowest BCUT2D eigenvalue weighted by Gasteiger charge is -2.47. The van der Waals surface area contributed by atoms with Crippen molar-refractivity contribution in [2.24, 2.45) is 17.3 Å². The molecule has 0 radical (unpaired) electrons. The van der Waals surface area contributed by atoms with E-state index in [1.54, 1.807) is 0 Å². The zero-order chi connectivity index (χ0) is 10.5. The van der Waals surface area contributed by atoms with Crippen LogP contribution in [0.15, 0.2) is 24.3 Å². The van der Waals surface area contributed by atoms with Gasteiger partial charge in [-0.3, -0.25) is 4.79 Å². The van der Waals surface area contributed by atoms with Gasteiger partial charge in [-0.15, -0.1) is 0 Å². The lowest BCUT2D eigenvalue weighted by molar-refractivity contribution is -0.138. The van der Waals surface area contributed by atoms with E-state index in [1.165, 1.54) is 0 Å². The van der Waals surface area contributed by atoms with Crippen molar-refractivity contribution in [3.05, 3.63) is 24.3 Å². The number of aliphatic hydroxyl groups excluding tert-OH is 1. The first-order valence-corrected chi connectivity index (χ1v) is 5.78. The molecule has 1 N–H and O–H groups in total. The predicted molar refractivity (Wildman–Crippen MR) is 57.2 cm³/mol. The molecule has 0 heterocycles. The highest BCUT2D eigenvalue weighted by atomic mass is 16.3. The van der Waals surface area contributed by atoms with Crippen molar-refractivity contribution in [1.29, 1.82) is 0 Å². The maximum absolute atomic E-state index is 12.1. The van der Waals surface area contributed by atoms with Gasteiger partial charge in [-0.2, -0.15) is 0 Å². The highest BCUT2D eigenvalue weighted by molar-refractivity contribution is 5.90. The summed E-state index contributed by atoms with van der Waals surface area (Å²) in [6.07, 6.45) is 11.2. The van der Waals surface area contributed by atoms with E-state index in [4.69, 9.17) is 0 Å². The normalized spacial score (nSPS) is 47.8. The molecule has 4 aliphatic carbocycles. The summed E-state index contributed by atoms with van der Waals surface area (Å²) in [4.78, 5) is 12.1. The van der Waals surface area contributed by atoms with Crippen molar-refractivity contribution in [1.82, 2.24) is 0 Å². The molecule has 4 atom stereocenters. The fourth-order valence-corrected chi connectivity index (χ4v) is 3.44. The average molecular weight is 204 g/mol. The fraction of sp³-hybridized carbons (Fsp3) is 0.615. The van der Waals surface area contributed by atoms with Crippen LogP contribution in [0.5, 0.6) is 0 Å². The molecule has 2 heteroatoms. The highest BCUT2D eigenvalue weighted by Crippen LogP contribution is 2.52. The third-order valence-corrected chi connectivity index (χ3v) is 4.32. The van der Waals surface area contributed by atoms with Crippen LogP contribution in [0.25, 0.3) is 0 Å². The van der Waals surface area contributed by atoms with Gasteiger partial charge in [0, 0.05) is 12.3 Å². The lowest BCUT2D eigenvalue weighted by Crippen LogP contribution is -2.49. The SMILES string of the molecule is O=C1CC2C=CC13CC=CC[C@@H](O)C3C2. The first kappa shape index (κ1) is 9.34. The van der Waals surface area contributed by atoms with Gasteiger partial charge in [0.05, 0.1) is 11.5 Å². The molecule has 0 aromatic rings. The van der Waals surface area contributed by atoms with Crippen LogP contribution in [0.2, 0.25) is 0 Å². The van der Waals surface area contributed by atoms with E-state index < -0.39 is 0 Å². The third-order valence-electron chi connectivity index (χ3n) is 4.32. The molecule has 0 saturated heterocycles. The number of allylic oxidation sites excluding steroid dienone is 3. The summed E-state index contributed by atoms with van der Waals surface area (Å²) in [5.74, 6) is 0.887. The Bertz CT molecular complexity index is 356. The number of Topliss-reactive ketones (excluding diaryl/α,β-unsaturated/α-hetero) is 1. The van der Waals surface area contributed by atoms with E-state index in [-0.39, 0.29) is 17.4 Å². The Morgan fingerprint density at radius 3 is 3.07 bits per heavy atom. The van der Waals surface area contributed by atoms with Crippen LogP contribution in [-0.2, 0) is 4.79 Å². The quantitative estimate of drug-likeness (QED) is 0.611. The monoisotopic (exact) mass is 204 g/mol. The summed E-state index contributed by atoms with van der Waals surface area (Å²) in [6.45, 7) is 0. The van der Waals surface area contributed by atoms with Crippen LogP contribution in [0.3, 0.4) is 0 Å². The van der Waals surface area contributed by atoms with Gasteiger partial charge >= 0.3 is 0 Å². The van der Waals surface area contributed by atoms with Crippen molar-refractivity contribution >= 4 is 5.78 Å². The number of aliphatic hydroxyl groups is 1. The van der Waals surface area contributed by atoms with Crippen LogP contribution in [0.1, 0.15) is 25.7 Å². The second-order valence-corrected chi connectivity index (χ2v) is 5.11. The lowest BCUT2D eigenvalue weighted by atomic mass is 9.56. The molecule has 2 nitrogen and oxygen atoms in total. The second kappa shape index (κ2) is 3.05. The molecule has 3 unspecified atom stereocenters. The van der Waals surface area contributed by atoms with E-state index in [0.29, 0.717) is 24.5 Å². The Morgan fingerprint density at radius 2 is 2.27 bits per heavy atom. The number of carbonyl (C=O) groups is 1. The van der Waals surface area contributed by atoms with Gasteiger partial charge in [0.1, 0.15) is 5.78 Å². The summed E-state index contributed by atoms with van der Waals surface area (Å²) in [6, 6.07) is 0. The number of hydrogen-bond donors (Lipinski definition) is 1. The predicted octanol–water partition coefficient (Wildman–Crippen LogP) is 1.85. The molecular weight excluding hydrogens is 188 g/mol. The summed E-state index contributed by atoms with van der Waals surface area (Å²) in [5, 5.41) is 10.1. The van der Waals surface area contributed by atoms with E-state index >= 15 is 0 Å². The molecule has 15 heavy (non-hydrogen) atoms. The molecule has 0 amide bonds. The highest BCUT2D eigenvalue weighted by Gasteiger charge is 2.52. The van der Waals surface area contributed by atoms with Crippen molar-refractivity contribution in [3.63, 3.8) is 0 Å². The Balaban J connectivity index is 2.08. The molecule has 4 rings (SSSR count). The fourth-order valence-electron chi connectivity index (χ4n) is 3.44. The number of hydrogen-bond acceptors (Lipinski definition) is 2. The maximum atomic E-state index is 12.1. The molecule has 0 aliphatic heterocycles. The Labute approximate surface area is 89.7 Å². The van der Waals surface area contributed by atoms with E-state index in [2.05, 4.69) is 18.2 Å². The van der Waals surface area contributed by atoms with Crippen LogP contribution in [0.4, 0.5) is 0 Å². The molecule has 1 fully saturated rings. The Hall–Kier alpha value is -0.890. The van der Waals surface area contributed by atoms with Crippen molar-refractivity contribution in [3.8, 4) is 0 Å². The van der Waals surface area contributed by atoms with Crippen LogP contribution in [0, 0.1) is 17.3 Å². The topological polar surface area (TPSA) is 37.3 Å². The van der Waals surface area contributed by atoms with Gasteiger partial charge in [-0.1, -0.05) is 24.3 Å². The first-order chi connectivity index (χ1) is 7.22. The average Bonchev–Trinajstić information content (AvgIpc) is 2.40. The molecule has 2 bridgehead atoms. The summed E-state index contributed by atoms with van der Waals surface area (Å²) < 4.78 is 0. The molecule has 0 aromatic carbocycles. The Morgan fingerprint density at radius 1 is 1.40 bits per heavy atom. The van der Waals surface area contributed by atoms with Crippen LogP contribution in [-0.4, -0.2) is 17.0 Å². The minimum absolute atomic E-state index is 0.156. The number of ketones is 1. The zero-order valence-corrected chi connectivity index (χ0v) is 8.73.